The highest BCUT2D eigenvalue weighted by atomic mass is 16.1. The van der Waals surface area contributed by atoms with Gasteiger partial charge in [0.15, 0.2) is 6.29 Å². The molecule has 0 atom stereocenters. The summed E-state index contributed by atoms with van der Waals surface area (Å²) in [6.07, 6.45) is 4.02. The maximum Gasteiger partial charge on any atom is 0.152 e. The molecule has 2 heterocycles. The Balaban J connectivity index is 2.02. The summed E-state index contributed by atoms with van der Waals surface area (Å²) in [5.41, 5.74) is 3.05. The molecular weight excluding hydrogens is 264 g/mol. The van der Waals surface area contributed by atoms with E-state index in [0.717, 1.165) is 23.5 Å². The van der Waals surface area contributed by atoms with E-state index in [2.05, 4.69) is 15.4 Å². The summed E-state index contributed by atoms with van der Waals surface area (Å²) in [6.45, 7) is 1.93. The summed E-state index contributed by atoms with van der Waals surface area (Å²) >= 11 is 0. The molecule has 0 bridgehead atoms. The summed E-state index contributed by atoms with van der Waals surface area (Å²) < 4.78 is 1.80. The zero-order chi connectivity index (χ0) is 14.7. The lowest BCUT2D eigenvalue weighted by molar-refractivity contribution is 0.112. The molecule has 0 spiro atoms. The van der Waals surface area contributed by atoms with Crippen LogP contribution in [0.15, 0.2) is 54.9 Å². The summed E-state index contributed by atoms with van der Waals surface area (Å²) in [4.78, 5) is 15.1. The molecule has 3 rings (SSSR count). The van der Waals surface area contributed by atoms with Gasteiger partial charge >= 0.3 is 0 Å². The Labute approximate surface area is 122 Å². The maximum atomic E-state index is 11.1. The van der Waals surface area contributed by atoms with Gasteiger partial charge in [-0.1, -0.05) is 18.2 Å². The van der Waals surface area contributed by atoms with Gasteiger partial charge in [-0.25, -0.2) is 4.68 Å². The highest BCUT2D eigenvalue weighted by Gasteiger charge is 2.09. The molecule has 1 N–H and O–H groups in total. The Kier molecular flexibility index (Phi) is 3.47. The second kappa shape index (κ2) is 5.58. The fraction of sp³-hybridized carbons (Fsp3) is 0.0625. The first kappa shape index (κ1) is 13.1. The van der Waals surface area contributed by atoms with Gasteiger partial charge in [0, 0.05) is 17.8 Å². The molecule has 0 unspecified atom stereocenters. The van der Waals surface area contributed by atoms with Crippen molar-refractivity contribution < 1.29 is 4.79 Å². The predicted octanol–water partition coefficient (Wildman–Crippen LogP) is 3.13. The number of pyridine rings is 1. The Bertz CT molecular complexity index is 765. The number of carbonyl (C=O) groups excluding carboxylic acids is 1. The van der Waals surface area contributed by atoms with Gasteiger partial charge in [0.2, 0.25) is 0 Å². The predicted molar refractivity (Wildman–Crippen MR) is 81.2 cm³/mol. The average molecular weight is 278 g/mol. The van der Waals surface area contributed by atoms with Crippen LogP contribution < -0.4 is 5.32 Å². The zero-order valence-electron chi connectivity index (χ0n) is 11.5. The van der Waals surface area contributed by atoms with Crippen LogP contribution in [0.1, 0.15) is 16.1 Å². The molecule has 5 nitrogen and oxygen atoms in total. The topological polar surface area (TPSA) is 59.8 Å². The van der Waals surface area contributed by atoms with Crippen molar-refractivity contribution in [3.05, 3.63) is 66.1 Å². The summed E-state index contributed by atoms with van der Waals surface area (Å²) in [7, 11) is 0. The van der Waals surface area contributed by atoms with E-state index in [-0.39, 0.29) is 0 Å². The minimum atomic E-state index is 0.559. The fourth-order valence-corrected chi connectivity index (χ4v) is 2.10. The van der Waals surface area contributed by atoms with Crippen molar-refractivity contribution in [2.45, 2.75) is 6.92 Å². The molecule has 0 radical (unpaired) electrons. The number of aryl methyl sites for hydroxylation is 1. The van der Waals surface area contributed by atoms with Crippen LogP contribution in [0.25, 0.3) is 5.69 Å². The first-order chi connectivity index (χ1) is 10.3. The lowest BCUT2D eigenvalue weighted by Crippen LogP contribution is -2.04. The molecule has 0 amide bonds. The SMILES string of the molecule is Cc1cc(Nc2cnccc2C=O)n(-c2ccccc2)n1. The third-order valence-corrected chi connectivity index (χ3v) is 3.08. The van der Waals surface area contributed by atoms with Crippen LogP contribution in [-0.2, 0) is 0 Å². The van der Waals surface area contributed by atoms with Gasteiger partial charge in [0.1, 0.15) is 5.82 Å². The van der Waals surface area contributed by atoms with E-state index in [1.165, 1.54) is 0 Å². The number of aromatic nitrogens is 3. The fourth-order valence-electron chi connectivity index (χ4n) is 2.10. The number of anilines is 2. The molecule has 0 saturated carbocycles. The van der Waals surface area contributed by atoms with Crippen LogP contribution in [0.5, 0.6) is 0 Å². The van der Waals surface area contributed by atoms with E-state index in [1.54, 1.807) is 23.1 Å². The van der Waals surface area contributed by atoms with Crippen molar-refractivity contribution in [1.82, 2.24) is 14.8 Å². The average Bonchev–Trinajstić information content (AvgIpc) is 2.89. The van der Waals surface area contributed by atoms with Crippen molar-refractivity contribution in [2.75, 3.05) is 5.32 Å². The molecule has 104 valence electrons. The van der Waals surface area contributed by atoms with E-state index in [1.807, 2.05) is 43.3 Å². The van der Waals surface area contributed by atoms with Crippen LogP contribution in [0.2, 0.25) is 0 Å². The summed E-state index contributed by atoms with van der Waals surface area (Å²) in [5.74, 6) is 0.787. The maximum absolute atomic E-state index is 11.1. The van der Waals surface area contributed by atoms with Crippen LogP contribution in [-0.4, -0.2) is 21.1 Å². The van der Waals surface area contributed by atoms with Gasteiger partial charge in [-0.2, -0.15) is 5.10 Å². The smallest absolute Gasteiger partial charge is 0.152 e. The van der Waals surface area contributed by atoms with Crippen LogP contribution >= 0.6 is 0 Å². The van der Waals surface area contributed by atoms with Crippen LogP contribution in [0.4, 0.5) is 11.5 Å². The molecule has 5 heteroatoms. The summed E-state index contributed by atoms with van der Waals surface area (Å²) in [5, 5.41) is 7.70. The normalized spacial score (nSPS) is 10.3. The molecule has 3 aromatic rings. The third kappa shape index (κ3) is 2.67. The van der Waals surface area contributed by atoms with Gasteiger partial charge in [-0.3, -0.25) is 9.78 Å². The standard InChI is InChI=1S/C16H14N4O/c1-12-9-16(18-15-10-17-8-7-13(15)11-21)20(19-12)14-5-3-2-4-6-14/h2-11,18H,1H3. The van der Waals surface area contributed by atoms with Crippen LogP contribution in [0.3, 0.4) is 0 Å². The van der Waals surface area contributed by atoms with Gasteiger partial charge in [0.25, 0.3) is 0 Å². The van der Waals surface area contributed by atoms with E-state index >= 15 is 0 Å². The third-order valence-electron chi connectivity index (χ3n) is 3.08. The highest BCUT2D eigenvalue weighted by Crippen LogP contribution is 2.22. The van der Waals surface area contributed by atoms with E-state index < -0.39 is 0 Å². The number of hydrogen-bond acceptors (Lipinski definition) is 4. The Morgan fingerprint density at radius 3 is 2.76 bits per heavy atom. The lowest BCUT2D eigenvalue weighted by Gasteiger charge is -2.10. The molecular formula is C16H14N4O. The van der Waals surface area contributed by atoms with Crippen molar-refractivity contribution in [3.8, 4) is 5.69 Å². The van der Waals surface area contributed by atoms with Crippen molar-refractivity contribution in [3.63, 3.8) is 0 Å². The number of aldehydes is 1. The minimum Gasteiger partial charge on any atom is -0.338 e. The van der Waals surface area contributed by atoms with Crippen molar-refractivity contribution in [1.29, 1.82) is 0 Å². The Morgan fingerprint density at radius 2 is 2.00 bits per heavy atom. The second-order valence-electron chi connectivity index (χ2n) is 4.62. The van der Waals surface area contributed by atoms with Gasteiger partial charge in [-0.05, 0) is 25.1 Å². The molecule has 1 aromatic carbocycles. The largest absolute Gasteiger partial charge is 0.338 e. The number of hydrogen-bond donors (Lipinski definition) is 1. The molecule has 0 fully saturated rings. The quantitative estimate of drug-likeness (QED) is 0.745. The van der Waals surface area contributed by atoms with Crippen molar-refractivity contribution in [2.24, 2.45) is 0 Å². The monoisotopic (exact) mass is 278 g/mol. The minimum absolute atomic E-state index is 0.559. The van der Waals surface area contributed by atoms with Gasteiger partial charge < -0.3 is 5.32 Å². The van der Waals surface area contributed by atoms with Crippen LogP contribution in [0, 0.1) is 6.92 Å². The molecule has 0 saturated heterocycles. The second-order valence-corrected chi connectivity index (χ2v) is 4.62. The van der Waals surface area contributed by atoms with E-state index in [4.69, 9.17) is 0 Å². The summed E-state index contributed by atoms with van der Waals surface area (Å²) in [6, 6.07) is 13.4. The number of nitrogens with one attached hydrogen (secondary N) is 1. The van der Waals surface area contributed by atoms with Gasteiger partial charge in [-0.15, -0.1) is 0 Å². The zero-order valence-corrected chi connectivity index (χ0v) is 11.5. The number of nitrogens with zero attached hydrogens (tertiary/aromatic N) is 3. The van der Waals surface area contributed by atoms with E-state index in [0.29, 0.717) is 11.3 Å². The first-order valence-electron chi connectivity index (χ1n) is 6.56. The van der Waals surface area contributed by atoms with Gasteiger partial charge in [0.05, 0.1) is 23.3 Å². The molecule has 2 aromatic heterocycles. The van der Waals surface area contributed by atoms with E-state index in [9.17, 15) is 4.79 Å². The molecule has 0 aliphatic rings. The molecule has 0 aliphatic heterocycles. The number of para-hydroxylation sites is 1. The number of carbonyl (C=O) groups is 1. The first-order valence-corrected chi connectivity index (χ1v) is 6.56. The Morgan fingerprint density at radius 1 is 1.19 bits per heavy atom. The number of benzene rings is 1. The number of rotatable bonds is 4. The highest BCUT2D eigenvalue weighted by molar-refractivity contribution is 5.85. The van der Waals surface area contributed by atoms with Crippen molar-refractivity contribution >= 4 is 17.8 Å². The molecule has 0 aliphatic carbocycles. The lowest BCUT2D eigenvalue weighted by atomic mass is 10.2. The molecule has 21 heavy (non-hydrogen) atoms. The Hall–Kier alpha value is -2.95.